The molecule has 2 rings (SSSR count). The number of aliphatic hydroxyl groups is 1. The van der Waals surface area contributed by atoms with Crippen molar-refractivity contribution < 1.29 is 9.90 Å². The fourth-order valence-electron chi connectivity index (χ4n) is 2.92. The molecule has 0 bridgehead atoms. The van der Waals surface area contributed by atoms with Crippen LogP contribution in [0.15, 0.2) is 18.3 Å². The van der Waals surface area contributed by atoms with Crippen molar-refractivity contribution in [3.05, 3.63) is 24.0 Å². The van der Waals surface area contributed by atoms with Gasteiger partial charge in [-0.2, -0.15) is 0 Å². The smallest absolute Gasteiger partial charge is 0.270 e. The van der Waals surface area contributed by atoms with E-state index in [-0.39, 0.29) is 12.5 Å². The molecule has 1 fully saturated rings. The van der Waals surface area contributed by atoms with Crippen molar-refractivity contribution in [3.8, 4) is 0 Å². The predicted molar refractivity (Wildman–Crippen MR) is 75.1 cm³/mol. The number of carbonyl (C=O) groups excluding carboxylic acids is 1. The summed E-state index contributed by atoms with van der Waals surface area (Å²) in [5, 5.41) is 8.94. The Labute approximate surface area is 115 Å². The minimum Gasteiger partial charge on any atom is -0.396 e. The average Bonchev–Trinajstić information content (AvgIpc) is 3.04. The minimum atomic E-state index is 0.152. The van der Waals surface area contributed by atoms with Crippen molar-refractivity contribution in [3.63, 3.8) is 0 Å². The second kappa shape index (κ2) is 6.75. The number of nitrogens with zero attached hydrogens (tertiary/aromatic N) is 2. The van der Waals surface area contributed by atoms with Crippen LogP contribution in [0.4, 0.5) is 0 Å². The van der Waals surface area contributed by atoms with Gasteiger partial charge in [-0.15, -0.1) is 0 Å². The molecule has 1 unspecified atom stereocenters. The summed E-state index contributed by atoms with van der Waals surface area (Å²) in [5.41, 5.74) is 0.803. The maximum atomic E-state index is 12.6. The first-order valence-corrected chi connectivity index (χ1v) is 7.35. The number of aromatic nitrogens is 1. The standard InChI is InChI=1S/C15H24N2O2/c1-2-9-16-10-4-8-14(16)15(19)17-11-3-6-13(17)7-5-12-18/h4,8,10,13,18H,2-3,5-7,9,11-12H2,1H3. The lowest BCUT2D eigenvalue weighted by Gasteiger charge is -2.25. The summed E-state index contributed by atoms with van der Waals surface area (Å²) in [4.78, 5) is 14.6. The molecule has 0 radical (unpaired) electrons. The lowest BCUT2D eigenvalue weighted by atomic mass is 10.1. The van der Waals surface area contributed by atoms with E-state index in [1.807, 2.05) is 27.8 Å². The second-order valence-corrected chi connectivity index (χ2v) is 5.25. The molecule has 0 aliphatic carbocycles. The quantitative estimate of drug-likeness (QED) is 0.856. The van der Waals surface area contributed by atoms with Gasteiger partial charge >= 0.3 is 0 Å². The molecule has 2 heterocycles. The van der Waals surface area contributed by atoms with Gasteiger partial charge in [-0.25, -0.2) is 0 Å². The first-order valence-electron chi connectivity index (χ1n) is 7.35. The predicted octanol–water partition coefficient (Wildman–Crippen LogP) is 2.28. The Morgan fingerprint density at radius 3 is 3.11 bits per heavy atom. The van der Waals surface area contributed by atoms with Crippen LogP contribution in [0.3, 0.4) is 0 Å². The summed E-state index contributed by atoms with van der Waals surface area (Å²) in [7, 11) is 0. The molecule has 0 spiro atoms. The van der Waals surface area contributed by atoms with Crippen LogP contribution < -0.4 is 0 Å². The molecule has 1 aromatic rings. The monoisotopic (exact) mass is 264 g/mol. The van der Waals surface area contributed by atoms with Crippen molar-refractivity contribution in [2.45, 2.75) is 51.6 Å². The Morgan fingerprint density at radius 2 is 2.37 bits per heavy atom. The Balaban J connectivity index is 2.07. The molecule has 0 saturated carbocycles. The van der Waals surface area contributed by atoms with Gasteiger partial charge in [-0.3, -0.25) is 4.79 Å². The summed E-state index contributed by atoms with van der Waals surface area (Å²) in [5.74, 6) is 0.152. The number of aliphatic hydroxyl groups excluding tert-OH is 1. The van der Waals surface area contributed by atoms with Crippen molar-refractivity contribution in [1.29, 1.82) is 0 Å². The fraction of sp³-hybridized carbons (Fsp3) is 0.667. The fourth-order valence-corrected chi connectivity index (χ4v) is 2.92. The van der Waals surface area contributed by atoms with Crippen LogP contribution in [0.5, 0.6) is 0 Å². The molecule has 4 heteroatoms. The van der Waals surface area contributed by atoms with E-state index in [0.29, 0.717) is 6.04 Å². The Bertz CT molecular complexity index is 414. The molecule has 0 aromatic carbocycles. The number of rotatable bonds is 6. The number of hydrogen-bond donors (Lipinski definition) is 1. The zero-order chi connectivity index (χ0) is 13.7. The van der Waals surface area contributed by atoms with Gasteiger partial charge in [-0.05, 0) is 44.2 Å². The van der Waals surface area contributed by atoms with E-state index in [2.05, 4.69) is 6.92 Å². The highest BCUT2D eigenvalue weighted by atomic mass is 16.3. The summed E-state index contributed by atoms with van der Waals surface area (Å²) in [6, 6.07) is 4.17. The molecule has 19 heavy (non-hydrogen) atoms. The van der Waals surface area contributed by atoms with Gasteiger partial charge in [0, 0.05) is 31.9 Å². The highest BCUT2D eigenvalue weighted by molar-refractivity contribution is 5.93. The molecular weight excluding hydrogens is 240 g/mol. The topological polar surface area (TPSA) is 45.5 Å². The van der Waals surface area contributed by atoms with Crippen molar-refractivity contribution in [1.82, 2.24) is 9.47 Å². The summed E-state index contributed by atoms with van der Waals surface area (Å²) < 4.78 is 2.05. The Morgan fingerprint density at radius 1 is 1.53 bits per heavy atom. The third-order valence-corrected chi connectivity index (χ3v) is 3.85. The van der Waals surface area contributed by atoms with Crippen LogP contribution in [0, 0.1) is 0 Å². The molecule has 4 nitrogen and oxygen atoms in total. The van der Waals surface area contributed by atoms with E-state index in [4.69, 9.17) is 5.11 Å². The van der Waals surface area contributed by atoms with E-state index in [9.17, 15) is 4.79 Å². The van der Waals surface area contributed by atoms with Gasteiger partial charge in [0.25, 0.3) is 5.91 Å². The number of aryl methyl sites for hydroxylation is 1. The maximum Gasteiger partial charge on any atom is 0.270 e. The molecule has 1 N–H and O–H groups in total. The number of hydrogen-bond acceptors (Lipinski definition) is 2. The number of likely N-dealkylation sites (tertiary alicyclic amines) is 1. The summed E-state index contributed by atoms with van der Waals surface area (Å²) >= 11 is 0. The van der Waals surface area contributed by atoms with Gasteiger partial charge in [-0.1, -0.05) is 6.92 Å². The van der Waals surface area contributed by atoms with Gasteiger partial charge in [0.05, 0.1) is 0 Å². The molecule has 1 aliphatic rings. The van der Waals surface area contributed by atoms with Crippen LogP contribution in [0.25, 0.3) is 0 Å². The zero-order valence-corrected chi connectivity index (χ0v) is 11.7. The first-order chi connectivity index (χ1) is 9.27. The van der Waals surface area contributed by atoms with Crippen molar-refractivity contribution in [2.24, 2.45) is 0 Å². The van der Waals surface area contributed by atoms with E-state index in [1.54, 1.807) is 0 Å². The minimum absolute atomic E-state index is 0.152. The van der Waals surface area contributed by atoms with Gasteiger partial charge < -0.3 is 14.6 Å². The van der Waals surface area contributed by atoms with E-state index >= 15 is 0 Å². The largest absolute Gasteiger partial charge is 0.396 e. The van der Waals surface area contributed by atoms with Crippen molar-refractivity contribution in [2.75, 3.05) is 13.2 Å². The highest BCUT2D eigenvalue weighted by Crippen LogP contribution is 2.23. The lowest BCUT2D eigenvalue weighted by Crippen LogP contribution is -2.36. The van der Waals surface area contributed by atoms with Gasteiger partial charge in [0.1, 0.15) is 5.69 Å². The Hall–Kier alpha value is -1.29. The number of amides is 1. The Kier molecular flexibility index (Phi) is 5.02. The van der Waals surface area contributed by atoms with E-state index < -0.39 is 0 Å². The van der Waals surface area contributed by atoms with Crippen LogP contribution in [-0.2, 0) is 6.54 Å². The second-order valence-electron chi connectivity index (χ2n) is 5.25. The SMILES string of the molecule is CCCn1cccc1C(=O)N1CCCC1CCCO. The first kappa shape index (κ1) is 14.1. The lowest BCUT2D eigenvalue weighted by molar-refractivity contribution is 0.0713. The summed E-state index contributed by atoms with van der Waals surface area (Å²) in [6.07, 6.45) is 6.86. The zero-order valence-electron chi connectivity index (χ0n) is 11.7. The molecule has 1 saturated heterocycles. The van der Waals surface area contributed by atoms with E-state index in [1.165, 1.54) is 0 Å². The van der Waals surface area contributed by atoms with Gasteiger partial charge in [0.2, 0.25) is 0 Å². The molecule has 1 amide bonds. The van der Waals surface area contributed by atoms with E-state index in [0.717, 1.165) is 50.9 Å². The third kappa shape index (κ3) is 3.18. The van der Waals surface area contributed by atoms with Crippen molar-refractivity contribution >= 4 is 5.91 Å². The van der Waals surface area contributed by atoms with Crippen LogP contribution in [0.1, 0.15) is 49.5 Å². The number of carbonyl (C=O) groups is 1. The third-order valence-electron chi connectivity index (χ3n) is 3.85. The van der Waals surface area contributed by atoms with Crippen LogP contribution in [0.2, 0.25) is 0 Å². The molecule has 1 atom stereocenters. The average molecular weight is 264 g/mol. The van der Waals surface area contributed by atoms with Crippen LogP contribution in [-0.4, -0.2) is 39.7 Å². The summed E-state index contributed by atoms with van der Waals surface area (Å²) in [6.45, 7) is 4.08. The normalized spacial score (nSPS) is 19.1. The molecule has 1 aliphatic heterocycles. The van der Waals surface area contributed by atoms with Gasteiger partial charge in [0.15, 0.2) is 0 Å². The molecule has 106 valence electrons. The maximum absolute atomic E-state index is 12.6. The molecular formula is C15H24N2O2. The molecule has 1 aromatic heterocycles. The highest BCUT2D eigenvalue weighted by Gasteiger charge is 2.29. The van der Waals surface area contributed by atoms with Crippen LogP contribution >= 0.6 is 0 Å².